The summed E-state index contributed by atoms with van der Waals surface area (Å²) in [6.45, 7) is 1.19. The molecule has 1 heterocycles. The Morgan fingerprint density at radius 1 is 1.17 bits per heavy atom. The van der Waals surface area contributed by atoms with Crippen molar-refractivity contribution in [2.75, 3.05) is 26.3 Å². The number of nitro benzene ring substituents is 1. The Morgan fingerprint density at radius 3 is 2.63 bits per heavy atom. The van der Waals surface area contributed by atoms with Gasteiger partial charge < -0.3 is 9.47 Å². The fraction of sp³-hybridized carbons (Fsp3) is 0.250. The van der Waals surface area contributed by atoms with Gasteiger partial charge in [0.1, 0.15) is 6.61 Å². The molecule has 158 valence electrons. The lowest BCUT2D eigenvalue weighted by molar-refractivity contribution is -0.384. The van der Waals surface area contributed by atoms with Gasteiger partial charge in [0.15, 0.2) is 0 Å². The molecule has 0 amide bonds. The standard InChI is InChI=1S/C20H20N2O7S/c23-20(8-7-16-3-1-5-18(13-16)22(24)25)29-15-17-4-2-6-19(14-17)30(26,27)21-9-11-28-12-10-21/h1-8,13-14H,9-12,15H2/b8-7+. The number of non-ortho nitro benzene ring substituents is 1. The van der Waals surface area contributed by atoms with E-state index in [4.69, 9.17) is 9.47 Å². The molecule has 2 aromatic carbocycles. The van der Waals surface area contributed by atoms with Gasteiger partial charge in [-0.25, -0.2) is 13.2 Å². The molecule has 10 heteroatoms. The number of carbonyl (C=O) groups is 1. The van der Waals surface area contributed by atoms with Gasteiger partial charge in [0.25, 0.3) is 5.69 Å². The van der Waals surface area contributed by atoms with Crippen LogP contribution in [0.2, 0.25) is 0 Å². The van der Waals surface area contributed by atoms with E-state index < -0.39 is 20.9 Å². The molecule has 0 bridgehead atoms. The summed E-state index contributed by atoms with van der Waals surface area (Å²) in [6, 6.07) is 12.1. The Hall–Kier alpha value is -3.08. The zero-order chi connectivity index (χ0) is 21.6. The van der Waals surface area contributed by atoms with Crippen molar-refractivity contribution >= 4 is 27.8 Å². The number of carbonyl (C=O) groups excluding carboxylic acids is 1. The Labute approximate surface area is 173 Å². The summed E-state index contributed by atoms with van der Waals surface area (Å²) >= 11 is 0. The van der Waals surface area contributed by atoms with Crippen molar-refractivity contribution < 1.29 is 27.6 Å². The number of benzene rings is 2. The lowest BCUT2D eigenvalue weighted by Crippen LogP contribution is -2.40. The molecule has 1 aliphatic heterocycles. The van der Waals surface area contributed by atoms with E-state index in [9.17, 15) is 23.3 Å². The number of nitrogens with zero attached hydrogens (tertiary/aromatic N) is 2. The van der Waals surface area contributed by atoms with Gasteiger partial charge in [-0.1, -0.05) is 24.3 Å². The van der Waals surface area contributed by atoms with Gasteiger partial charge in [-0.05, 0) is 29.3 Å². The van der Waals surface area contributed by atoms with Gasteiger partial charge in [-0.2, -0.15) is 4.31 Å². The Morgan fingerprint density at radius 2 is 1.90 bits per heavy atom. The van der Waals surface area contributed by atoms with Crippen LogP contribution in [0.3, 0.4) is 0 Å². The van der Waals surface area contributed by atoms with Gasteiger partial charge >= 0.3 is 5.97 Å². The highest BCUT2D eigenvalue weighted by Gasteiger charge is 2.26. The van der Waals surface area contributed by atoms with E-state index in [1.165, 1.54) is 40.7 Å². The Balaban J connectivity index is 1.62. The molecule has 0 N–H and O–H groups in total. The van der Waals surface area contributed by atoms with Crippen molar-refractivity contribution in [3.8, 4) is 0 Å². The van der Waals surface area contributed by atoms with Gasteiger partial charge in [-0.15, -0.1) is 0 Å². The van der Waals surface area contributed by atoms with Crippen LogP contribution in [0.15, 0.2) is 59.5 Å². The van der Waals surface area contributed by atoms with Crippen LogP contribution in [0, 0.1) is 10.1 Å². The third-order valence-corrected chi connectivity index (χ3v) is 6.27. The van der Waals surface area contributed by atoms with Crippen molar-refractivity contribution in [3.63, 3.8) is 0 Å². The predicted molar refractivity (Wildman–Crippen MR) is 108 cm³/mol. The molecule has 30 heavy (non-hydrogen) atoms. The minimum absolute atomic E-state index is 0.0798. The van der Waals surface area contributed by atoms with Crippen molar-refractivity contribution in [2.45, 2.75) is 11.5 Å². The number of nitro groups is 1. The number of hydrogen-bond donors (Lipinski definition) is 0. The van der Waals surface area contributed by atoms with Crippen molar-refractivity contribution in [3.05, 3.63) is 75.8 Å². The van der Waals surface area contributed by atoms with Crippen LogP contribution >= 0.6 is 0 Å². The van der Waals surface area contributed by atoms with E-state index in [2.05, 4.69) is 0 Å². The van der Waals surface area contributed by atoms with Crippen LogP contribution in [-0.4, -0.2) is 49.9 Å². The highest BCUT2D eigenvalue weighted by atomic mass is 32.2. The average Bonchev–Trinajstić information content (AvgIpc) is 2.77. The third kappa shape index (κ3) is 5.50. The van der Waals surface area contributed by atoms with Gasteiger partial charge in [0.2, 0.25) is 10.0 Å². The maximum Gasteiger partial charge on any atom is 0.331 e. The lowest BCUT2D eigenvalue weighted by Gasteiger charge is -2.26. The van der Waals surface area contributed by atoms with E-state index in [0.717, 1.165) is 6.08 Å². The second-order valence-electron chi connectivity index (χ2n) is 6.46. The van der Waals surface area contributed by atoms with Crippen LogP contribution in [-0.2, 0) is 30.9 Å². The highest BCUT2D eigenvalue weighted by Crippen LogP contribution is 2.19. The van der Waals surface area contributed by atoms with Gasteiger partial charge in [0.05, 0.1) is 23.0 Å². The molecule has 0 aromatic heterocycles. The van der Waals surface area contributed by atoms with E-state index in [-0.39, 0.29) is 17.2 Å². The van der Waals surface area contributed by atoms with E-state index in [0.29, 0.717) is 37.4 Å². The zero-order valence-electron chi connectivity index (χ0n) is 16.0. The Bertz CT molecular complexity index is 1060. The molecule has 0 aliphatic carbocycles. The smallest absolute Gasteiger partial charge is 0.331 e. The van der Waals surface area contributed by atoms with Crippen molar-refractivity contribution in [1.82, 2.24) is 4.31 Å². The van der Waals surface area contributed by atoms with Gasteiger partial charge in [0, 0.05) is 31.3 Å². The number of esters is 1. The fourth-order valence-corrected chi connectivity index (χ4v) is 4.32. The molecule has 0 saturated carbocycles. The van der Waals surface area contributed by atoms with Crippen molar-refractivity contribution in [1.29, 1.82) is 0 Å². The summed E-state index contributed by atoms with van der Waals surface area (Å²) in [5.41, 5.74) is 0.935. The first kappa shape index (κ1) is 21.6. The summed E-state index contributed by atoms with van der Waals surface area (Å²) in [7, 11) is -3.64. The molecule has 3 rings (SSSR count). The molecule has 2 aromatic rings. The first-order valence-corrected chi connectivity index (χ1v) is 10.6. The highest BCUT2D eigenvalue weighted by molar-refractivity contribution is 7.89. The fourth-order valence-electron chi connectivity index (χ4n) is 2.84. The zero-order valence-corrected chi connectivity index (χ0v) is 16.8. The molecule has 0 radical (unpaired) electrons. The van der Waals surface area contributed by atoms with Gasteiger partial charge in [-0.3, -0.25) is 10.1 Å². The monoisotopic (exact) mass is 432 g/mol. The first-order valence-electron chi connectivity index (χ1n) is 9.12. The number of sulfonamides is 1. The number of hydrogen-bond acceptors (Lipinski definition) is 7. The number of rotatable bonds is 7. The van der Waals surface area contributed by atoms with E-state index in [1.54, 1.807) is 18.2 Å². The average molecular weight is 432 g/mol. The van der Waals surface area contributed by atoms with Crippen LogP contribution in [0.5, 0.6) is 0 Å². The molecule has 0 atom stereocenters. The minimum atomic E-state index is -3.64. The summed E-state index contributed by atoms with van der Waals surface area (Å²) in [6.07, 6.45) is 2.57. The molecule has 1 saturated heterocycles. The van der Waals surface area contributed by atoms with Crippen LogP contribution in [0.1, 0.15) is 11.1 Å². The second kappa shape index (κ2) is 9.61. The maximum absolute atomic E-state index is 12.7. The quantitative estimate of drug-likeness (QED) is 0.285. The second-order valence-corrected chi connectivity index (χ2v) is 8.39. The molecular weight excluding hydrogens is 412 g/mol. The molecule has 1 aliphatic rings. The van der Waals surface area contributed by atoms with Crippen LogP contribution in [0.25, 0.3) is 6.08 Å². The number of morpholine rings is 1. The van der Waals surface area contributed by atoms with E-state index in [1.807, 2.05) is 0 Å². The largest absolute Gasteiger partial charge is 0.458 e. The predicted octanol–water partition coefficient (Wildman–Crippen LogP) is 2.37. The maximum atomic E-state index is 12.7. The molecule has 0 spiro atoms. The molecule has 9 nitrogen and oxygen atoms in total. The minimum Gasteiger partial charge on any atom is -0.458 e. The lowest BCUT2D eigenvalue weighted by atomic mass is 10.2. The van der Waals surface area contributed by atoms with Crippen LogP contribution < -0.4 is 0 Å². The van der Waals surface area contributed by atoms with E-state index >= 15 is 0 Å². The van der Waals surface area contributed by atoms with Crippen LogP contribution in [0.4, 0.5) is 5.69 Å². The topological polar surface area (TPSA) is 116 Å². The third-order valence-electron chi connectivity index (χ3n) is 4.38. The molecular formula is C20H20N2O7S. The molecule has 0 unspecified atom stereocenters. The SMILES string of the molecule is O=C(/C=C/c1cccc([N+](=O)[O-])c1)OCc1cccc(S(=O)(=O)N2CCOCC2)c1. The summed E-state index contributed by atoms with van der Waals surface area (Å²) in [4.78, 5) is 22.4. The normalized spacial score (nSPS) is 15.2. The summed E-state index contributed by atoms with van der Waals surface area (Å²) in [5, 5.41) is 10.8. The number of ether oxygens (including phenoxy) is 2. The summed E-state index contributed by atoms with van der Waals surface area (Å²) < 4.78 is 37.1. The van der Waals surface area contributed by atoms with Crippen molar-refractivity contribution in [2.24, 2.45) is 0 Å². The molecule has 1 fully saturated rings. The Kier molecular flexibility index (Phi) is 6.93. The summed E-state index contributed by atoms with van der Waals surface area (Å²) in [5.74, 6) is -0.650. The first-order chi connectivity index (χ1) is 14.4.